The van der Waals surface area contributed by atoms with Crippen molar-refractivity contribution in [3.63, 3.8) is 0 Å². The third kappa shape index (κ3) is 5.11. The lowest BCUT2D eigenvalue weighted by molar-refractivity contribution is -0.117. The van der Waals surface area contributed by atoms with Crippen molar-refractivity contribution >= 4 is 34.8 Å². The van der Waals surface area contributed by atoms with Crippen molar-refractivity contribution in [1.82, 2.24) is 5.32 Å². The normalized spacial score (nSPS) is 10.7. The lowest BCUT2D eigenvalue weighted by Crippen LogP contribution is -2.29. The number of amides is 2. The second-order valence-corrected chi connectivity index (χ2v) is 4.81. The molecule has 3 N–H and O–H groups in total. The van der Waals surface area contributed by atoms with Gasteiger partial charge in [-0.15, -0.1) is 11.6 Å². The van der Waals surface area contributed by atoms with Crippen molar-refractivity contribution in [2.45, 2.75) is 13.3 Å². The van der Waals surface area contributed by atoms with Crippen molar-refractivity contribution in [2.75, 3.05) is 23.1 Å². The summed E-state index contributed by atoms with van der Waals surface area (Å²) in [5.41, 5.74) is 6.50. The molecule has 116 valence electrons. The molecule has 0 saturated heterocycles. The third-order valence-corrected chi connectivity index (χ3v) is 3.00. The van der Waals surface area contributed by atoms with Crippen LogP contribution in [0.25, 0.3) is 0 Å². The number of nitrogens with one attached hydrogen (secondary N) is 1. The van der Waals surface area contributed by atoms with Gasteiger partial charge in [0.05, 0.1) is 0 Å². The predicted molar refractivity (Wildman–Crippen MR) is 86.1 cm³/mol. The Balaban J connectivity index is 2.99. The van der Waals surface area contributed by atoms with Crippen LogP contribution < -0.4 is 16.0 Å². The highest BCUT2D eigenvalue weighted by atomic mass is 35.5. The standard InChI is InChI=1S/C15H17ClN4O2/c1-11(21)20(14-5-3-13(18)4-6-14)10-12(9-17)15(22)19-8-2-7-16/h3-6,10H,2,7-8,18H2,1H3,(H,19,22)/b12-10-. The molecule has 0 aliphatic heterocycles. The molecule has 0 radical (unpaired) electrons. The topological polar surface area (TPSA) is 99.2 Å². The largest absolute Gasteiger partial charge is 0.399 e. The van der Waals surface area contributed by atoms with Gasteiger partial charge < -0.3 is 11.1 Å². The van der Waals surface area contributed by atoms with Gasteiger partial charge in [0.2, 0.25) is 5.91 Å². The van der Waals surface area contributed by atoms with E-state index in [-0.39, 0.29) is 11.5 Å². The second kappa shape index (κ2) is 8.70. The Labute approximate surface area is 134 Å². The van der Waals surface area contributed by atoms with E-state index in [9.17, 15) is 9.59 Å². The fraction of sp³-hybridized carbons (Fsp3) is 0.267. The maximum Gasteiger partial charge on any atom is 0.263 e. The number of anilines is 2. The van der Waals surface area contributed by atoms with Crippen molar-refractivity contribution in [1.29, 1.82) is 5.26 Å². The number of hydrogen-bond acceptors (Lipinski definition) is 4. The van der Waals surface area contributed by atoms with Gasteiger partial charge in [0.25, 0.3) is 5.91 Å². The highest BCUT2D eigenvalue weighted by Crippen LogP contribution is 2.18. The molecule has 2 amide bonds. The first-order valence-corrected chi connectivity index (χ1v) is 7.14. The molecule has 0 aliphatic rings. The van der Waals surface area contributed by atoms with Crippen LogP contribution in [-0.4, -0.2) is 24.2 Å². The third-order valence-electron chi connectivity index (χ3n) is 2.73. The Kier molecular flexibility index (Phi) is 6.93. The van der Waals surface area contributed by atoms with Crippen molar-refractivity contribution in [2.24, 2.45) is 0 Å². The lowest BCUT2D eigenvalue weighted by Gasteiger charge is -2.17. The molecule has 0 saturated carbocycles. The highest BCUT2D eigenvalue weighted by molar-refractivity contribution is 6.17. The van der Waals surface area contributed by atoms with Crippen molar-refractivity contribution in [3.8, 4) is 6.07 Å². The number of nitriles is 1. The molecule has 0 aliphatic carbocycles. The number of halogens is 1. The highest BCUT2D eigenvalue weighted by Gasteiger charge is 2.14. The van der Waals surface area contributed by atoms with Crippen LogP contribution in [0.3, 0.4) is 0 Å². The van der Waals surface area contributed by atoms with Crippen LogP contribution in [0.2, 0.25) is 0 Å². The zero-order valence-electron chi connectivity index (χ0n) is 12.2. The zero-order chi connectivity index (χ0) is 16.5. The Morgan fingerprint density at radius 3 is 2.55 bits per heavy atom. The van der Waals surface area contributed by atoms with Crippen molar-refractivity contribution in [3.05, 3.63) is 36.0 Å². The number of hydrogen-bond donors (Lipinski definition) is 2. The number of alkyl halides is 1. The van der Waals surface area contributed by atoms with E-state index in [0.29, 0.717) is 30.2 Å². The number of carbonyl (C=O) groups excluding carboxylic acids is 2. The number of nitrogens with zero attached hydrogens (tertiary/aromatic N) is 2. The summed E-state index contributed by atoms with van der Waals surface area (Å²) >= 11 is 5.52. The molecule has 7 heteroatoms. The van der Waals surface area contributed by atoms with Crippen molar-refractivity contribution < 1.29 is 9.59 Å². The molecule has 0 fully saturated rings. The average molecular weight is 321 g/mol. The smallest absolute Gasteiger partial charge is 0.263 e. The maximum absolute atomic E-state index is 11.9. The molecule has 0 aromatic heterocycles. The average Bonchev–Trinajstić information content (AvgIpc) is 2.49. The van der Waals surface area contributed by atoms with Crippen LogP contribution in [0.1, 0.15) is 13.3 Å². The van der Waals surface area contributed by atoms with E-state index in [4.69, 9.17) is 22.6 Å². The summed E-state index contributed by atoms with van der Waals surface area (Å²) < 4.78 is 0. The number of nitrogen functional groups attached to an aromatic ring is 1. The van der Waals surface area contributed by atoms with Gasteiger partial charge in [0, 0.05) is 36.9 Å². The van der Waals surface area contributed by atoms with Gasteiger partial charge in [-0.1, -0.05) is 0 Å². The van der Waals surface area contributed by atoms with E-state index >= 15 is 0 Å². The summed E-state index contributed by atoms with van der Waals surface area (Å²) in [4.78, 5) is 24.9. The summed E-state index contributed by atoms with van der Waals surface area (Å²) in [6.45, 7) is 1.70. The molecule has 1 aromatic rings. The lowest BCUT2D eigenvalue weighted by atomic mass is 10.2. The molecule has 1 aromatic carbocycles. The first-order valence-electron chi connectivity index (χ1n) is 6.61. The number of benzene rings is 1. The molecule has 1 rings (SSSR count). The number of nitrogens with two attached hydrogens (primary N) is 1. The maximum atomic E-state index is 11.9. The molecule has 0 atom stereocenters. The van der Waals surface area contributed by atoms with E-state index in [1.807, 2.05) is 0 Å². The van der Waals surface area contributed by atoms with E-state index in [1.165, 1.54) is 18.0 Å². The molecule has 6 nitrogen and oxygen atoms in total. The minimum Gasteiger partial charge on any atom is -0.399 e. The summed E-state index contributed by atoms with van der Waals surface area (Å²) in [5.74, 6) is -0.461. The second-order valence-electron chi connectivity index (χ2n) is 4.43. The minimum absolute atomic E-state index is 0.165. The molecule has 0 heterocycles. The van der Waals surface area contributed by atoms with Crippen LogP contribution in [0, 0.1) is 11.3 Å². The molecular weight excluding hydrogens is 304 g/mol. The number of carbonyl (C=O) groups is 2. The fourth-order valence-corrected chi connectivity index (χ4v) is 1.75. The SMILES string of the molecule is CC(=O)N(/C=C(/C#N)C(=O)NCCCCl)c1ccc(N)cc1. The summed E-state index contributed by atoms with van der Waals surface area (Å²) in [6, 6.07) is 8.32. The summed E-state index contributed by atoms with van der Waals surface area (Å²) in [6.07, 6.45) is 1.81. The van der Waals surface area contributed by atoms with E-state index in [2.05, 4.69) is 5.32 Å². The molecule has 22 heavy (non-hydrogen) atoms. The summed E-state index contributed by atoms with van der Waals surface area (Å²) in [5, 5.41) is 11.7. The Morgan fingerprint density at radius 2 is 2.05 bits per heavy atom. The van der Waals surface area contributed by atoms with Crippen LogP contribution in [0.15, 0.2) is 36.0 Å². The quantitative estimate of drug-likeness (QED) is 0.274. The van der Waals surface area contributed by atoms with E-state index in [1.54, 1.807) is 30.3 Å². The fourth-order valence-electron chi connectivity index (χ4n) is 1.61. The van der Waals surface area contributed by atoms with Crippen LogP contribution in [-0.2, 0) is 9.59 Å². The van der Waals surface area contributed by atoms with E-state index < -0.39 is 5.91 Å². The van der Waals surface area contributed by atoms with Gasteiger partial charge in [0.1, 0.15) is 11.6 Å². The van der Waals surface area contributed by atoms with Gasteiger partial charge >= 0.3 is 0 Å². The summed E-state index contributed by atoms with van der Waals surface area (Å²) in [7, 11) is 0. The van der Waals surface area contributed by atoms with Gasteiger partial charge in [-0.25, -0.2) is 0 Å². The van der Waals surface area contributed by atoms with E-state index in [0.717, 1.165) is 0 Å². The van der Waals surface area contributed by atoms with Gasteiger partial charge in [0.15, 0.2) is 0 Å². The predicted octanol–water partition coefficient (Wildman–Crippen LogP) is 1.77. The van der Waals surface area contributed by atoms with Gasteiger partial charge in [-0.3, -0.25) is 14.5 Å². The first kappa shape index (κ1) is 17.5. The molecule has 0 unspecified atom stereocenters. The Hall–Kier alpha value is -2.52. The first-order chi connectivity index (χ1) is 10.5. The van der Waals surface area contributed by atoms with Crippen LogP contribution in [0.4, 0.5) is 11.4 Å². The molecule has 0 spiro atoms. The van der Waals surface area contributed by atoms with Crippen LogP contribution >= 0.6 is 11.6 Å². The van der Waals surface area contributed by atoms with Crippen LogP contribution in [0.5, 0.6) is 0 Å². The zero-order valence-corrected chi connectivity index (χ0v) is 12.9. The Morgan fingerprint density at radius 1 is 1.41 bits per heavy atom. The minimum atomic E-state index is -0.547. The molecular formula is C15H17ClN4O2. The van der Waals surface area contributed by atoms with Gasteiger partial charge in [-0.2, -0.15) is 5.26 Å². The number of rotatable bonds is 6. The Bertz CT molecular complexity index is 605. The van der Waals surface area contributed by atoms with Gasteiger partial charge in [-0.05, 0) is 30.7 Å². The monoisotopic (exact) mass is 320 g/mol. The molecule has 0 bridgehead atoms.